The zero-order chi connectivity index (χ0) is 19.4. The van der Waals surface area contributed by atoms with Crippen LogP contribution in [-0.2, 0) is 0 Å². The van der Waals surface area contributed by atoms with E-state index in [2.05, 4.69) is 42.9 Å². The van der Waals surface area contributed by atoms with Crippen LogP contribution in [0.5, 0.6) is 0 Å². The second-order valence-corrected chi connectivity index (χ2v) is 9.10. The Morgan fingerprint density at radius 1 is 1.04 bits per heavy atom. The summed E-state index contributed by atoms with van der Waals surface area (Å²) < 4.78 is 0. The van der Waals surface area contributed by atoms with Crippen molar-refractivity contribution in [2.45, 2.75) is 57.4 Å². The molecule has 2 N–H and O–H groups in total. The van der Waals surface area contributed by atoms with Crippen molar-refractivity contribution >= 4 is 17.3 Å². The van der Waals surface area contributed by atoms with Crippen LogP contribution in [0.2, 0.25) is 0 Å². The van der Waals surface area contributed by atoms with E-state index < -0.39 is 0 Å². The number of hydrogen-bond acceptors (Lipinski definition) is 4. The molecular weight excluding hydrogens is 366 g/mol. The van der Waals surface area contributed by atoms with E-state index in [9.17, 15) is 0 Å². The molecule has 28 heavy (non-hydrogen) atoms. The number of thiophene rings is 1. The van der Waals surface area contributed by atoms with E-state index in [1.54, 1.807) is 0 Å². The molecule has 3 heterocycles. The van der Waals surface area contributed by atoms with Gasteiger partial charge in [0.05, 0.1) is 6.04 Å². The molecule has 0 spiro atoms. The Bertz CT molecular complexity index is 547. The number of piperidine rings is 1. The van der Waals surface area contributed by atoms with Crippen molar-refractivity contribution in [2.75, 3.05) is 52.9 Å². The van der Waals surface area contributed by atoms with Gasteiger partial charge >= 0.3 is 0 Å². The molecule has 3 rings (SSSR count). The molecule has 0 aliphatic carbocycles. The van der Waals surface area contributed by atoms with Gasteiger partial charge in [-0.2, -0.15) is 0 Å². The maximum absolute atomic E-state index is 4.43. The minimum absolute atomic E-state index is 0.464. The Hall–Kier alpha value is -1.11. The van der Waals surface area contributed by atoms with Crippen molar-refractivity contribution in [3.8, 4) is 0 Å². The molecule has 2 aliphatic heterocycles. The minimum Gasteiger partial charge on any atom is -0.356 e. The van der Waals surface area contributed by atoms with Crippen LogP contribution in [0.3, 0.4) is 0 Å². The molecule has 0 saturated carbocycles. The van der Waals surface area contributed by atoms with Gasteiger partial charge in [0.25, 0.3) is 0 Å². The summed E-state index contributed by atoms with van der Waals surface area (Å²) in [4.78, 5) is 11.1. The average molecular weight is 406 g/mol. The predicted molar refractivity (Wildman–Crippen MR) is 121 cm³/mol. The summed E-state index contributed by atoms with van der Waals surface area (Å²) in [5.41, 5.74) is 0. The average Bonchev–Trinajstić information content (AvgIpc) is 3.45. The largest absolute Gasteiger partial charge is 0.356 e. The fraction of sp³-hybridized carbons (Fsp3) is 0.773. The van der Waals surface area contributed by atoms with E-state index in [0.717, 1.165) is 19.0 Å². The van der Waals surface area contributed by atoms with Crippen molar-refractivity contribution in [3.05, 3.63) is 22.4 Å². The molecule has 0 aromatic carbocycles. The summed E-state index contributed by atoms with van der Waals surface area (Å²) in [6, 6.07) is 4.90. The number of guanidine groups is 1. The number of aliphatic imine (C=N–C) groups is 1. The van der Waals surface area contributed by atoms with Crippen LogP contribution in [0.1, 0.15) is 62.3 Å². The van der Waals surface area contributed by atoms with Gasteiger partial charge < -0.3 is 15.5 Å². The lowest BCUT2D eigenvalue weighted by Crippen LogP contribution is -2.42. The van der Waals surface area contributed by atoms with E-state index in [0.29, 0.717) is 6.04 Å². The van der Waals surface area contributed by atoms with Crippen molar-refractivity contribution < 1.29 is 0 Å². The summed E-state index contributed by atoms with van der Waals surface area (Å²) in [7, 11) is 1.88. The summed E-state index contributed by atoms with van der Waals surface area (Å²) in [5, 5.41) is 9.27. The third-order valence-corrected chi connectivity index (χ3v) is 7.01. The number of nitrogens with zero attached hydrogens (tertiary/aromatic N) is 3. The molecule has 5 nitrogen and oxygen atoms in total. The Labute approximate surface area is 175 Å². The first-order chi connectivity index (χ1) is 13.9. The monoisotopic (exact) mass is 405 g/mol. The Balaban J connectivity index is 1.32. The quantitative estimate of drug-likeness (QED) is 0.354. The number of unbranched alkanes of at least 4 members (excludes halogenated alkanes) is 2. The molecule has 0 bridgehead atoms. The van der Waals surface area contributed by atoms with Crippen LogP contribution in [0.15, 0.2) is 22.5 Å². The highest BCUT2D eigenvalue weighted by Gasteiger charge is 2.24. The maximum atomic E-state index is 4.43. The van der Waals surface area contributed by atoms with Gasteiger partial charge in [-0.3, -0.25) is 9.89 Å². The zero-order valence-electron chi connectivity index (χ0n) is 17.7. The molecule has 1 unspecified atom stereocenters. The second kappa shape index (κ2) is 12.5. The van der Waals surface area contributed by atoms with E-state index in [1.165, 1.54) is 89.0 Å². The lowest BCUT2D eigenvalue weighted by Gasteiger charge is -2.27. The van der Waals surface area contributed by atoms with Crippen molar-refractivity contribution in [1.82, 2.24) is 20.4 Å². The number of likely N-dealkylation sites (tertiary alicyclic amines) is 2. The van der Waals surface area contributed by atoms with Gasteiger partial charge in [0, 0.05) is 25.0 Å². The Kier molecular flexibility index (Phi) is 9.60. The Morgan fingerprint density at radius 2 is 1.82 bits per heavy atom. The molecule has 1 aromatic heterocycles. The lowest BCUT2D eigenvalue weighted by atomic mass is 10.1. The third kappa shape index (κ3) is 7.05. The van der Waals surface area contributed by atoms with Crippen molar-refractivity contribution in [2.24, 2.45) is 4.99 Å². The van der Waals surface area contributed by atoms with Crippen LogP contribution >= 0.6 is 11.3 Å². The van der Waals surface area contributed by atoms with Crippen molar-refractivity contribution in [3.63, 3.8) is 0 Å². The predicted octanol–water partition coefficient (Wildman–Crippen LogP) is 3.71. The van der Waals surface area contributed by atoms with E-state index in [-0.39, 0.29) is 0 Å². The van der Waals surface area contributed by atoms with Crippen LogP contribution < -0.4 is 10.6 Å². The maximum Gasteiger partial charge on any atom is 0.191 e. The van der Waals surface area contributed by atoms with Gasteiger partial charge in [0.2, 0.25) is 0 Å². The highest BCUT2D eigenvalue weighted by atomic mass is 32.1. The van der Waals surface area contributed by atoms with E-state index in [1.807, 2.05) is 18.4 Å². The van der Waals surface area contributed by atoms with Gasteiger partial charge in [0.15, 0.2) is 5.96 Å². The standard InChI is InChI=1S/C22H39N5S/c1-23-22(24-12-4-2-5-13-26-14-6-3-7-15-26)25-19-20(21-11-10-18-28-21)27-16-8-9-17-27/h10-11,18,20H,2-9,12-17,19H2,1H3,(H2,23,24,25). The lowest BCUT2D eigenvalue weighted by molar-refractivity contribution is 0.224. The first kappa shape index (κ1) is 21.6. The van der Waals surface area contributed by atoms with Crippen LogP contribution in [0, 0.1) is 0 Å². The minimum atomic E-state index is 0.464. The SMILES string of the molecule is CN=C(NCCCCCN1CCCCC1)NCC(c1cccs1)N1CCCC1. The number of hydrogen-bond donors (Lipinski definition) is 2. The van der Waals surface area contributed by atoms with Crippen molar-refractivity contribution in [1.29, 1.82) is 0 Å². The molecule has 158 valence electrons. The smallest absolute Gasteiger partial charge is 0.191 e. The normalized spacial score (nSPS) is 20.4. The van der Waals surface area contributed by atoms with Crippen LogP contribution in [0.25, 0.3) is 0 Å². The van der Waals surface area contributed by atoms with Crippen LogP contribution in [0.4, 0.5) is 0 Å². The highest BCUT2D eigenvalue weighted by molar-refractivity contribution is 7.10. The van der Waals surface area contributed by atoms with Gasteiger partial charge in [0.1, 0.15) is 0 Å². The van der Waals surface area contributed by atoms with Gasteiger partial charge in [-0.25, -0.2) is 0 Å². The molecule has 6 heteroatoms. The first-order valence-corrected chi connectivity index (χ1v) is 12.2. The zero-order valence-corrected chi connectivity index (χ0v) is 18.5. The first-order valence-electron chi connectivity index (χ1n) is 11.3. The highest BCUT2D eigenvalue weighted by Crippen LogP contribution is 2.27. The Morgan fingerprint density at radius 3 is 2.54 bits per heavy atom. The summed E-state index contributed by atoms with van der Waals surface area (Å²) >= 11 is 1.87. The molecule has 1 atom stereocenters. The second-order valence-electron chi connectivity index (χ2n) is 8.12. The molecule has 0 radical (unpaired) electrons. The topological polar surface area (TPSA) is 42.9 Å². The van der Waals surface area contributed by atoms with Gasteiger partial charge in [-0.1, -0.05) is 18.9 Å². The summed E-state index contributed by atoms with van der Waals surface area (Å²) in [5.74, 6) is 0.941. The summed E-state index contributed by atoms with van der Waals surface area (Å²) in [6.45, 7) is 8.28. The molecule has 2 aliphatic rings. The van der Waals surface area contributed by atoms with Gasteiger partial charge in [-0.05, 0) is 82.7 Å². The van der Waals surface area contributed by atoms with E-state index in [4.69, 9.17) is 0 Å². The van der Waals surface area contributed by atoms with Gasteiger partial charge in [-0.15, -0.1) is 11.3 Å². The fourth-order valence-electron chi connectivity index (χ4n) is 4.38. The molecule has 1 aromatic rings. The molecule has 2 fully saturated rings. The van der Waals surface area contributed by atoms with Crippen LogP contribution in [-0.4, -0.2) is 68.6 Å². The fourth-order valence-corrected chi connectivity index (χ4v) is 5.25. The molecule has 2 saturated heterocycles. The molecule has 0 amide bonds. The molecular formula is C22H39N5S. The summed E-state index contributed by atoms with van der Waals surface area (Å²) in [6.07, 6.45) is 10.7. The third-order valence-electron chi connectivity index (χ3n) is 6.03. The number of rotatable bonds is 10. The number of nitrogens with one attached hydrogen (secondary N) is 2. The van der Waals surface area contributed by atoms with E-state index >= 15 is 0 Å².